The average Bonchev–Trinajstić information content (AvgIpc) is 2.25. The van der Waals surface area contributed by atoms with Gasteiger partial charge in [-0.05, 0) is 30.2 Å². The molecule has 8 heteroatoms. The van der Waals surface area contributed by atoms with Crippen LogP contribution < -0.4 is 0 Å². The molecule has 0 amide bonds. The normalized spacial score (nSPS) is 12.9. The van der Waals surface area contributed by atoms with Gasteiger partial charge in [-0.2, -0.15) is 26.3 Å². The van der Waals surface area contributed by atoms with Crippen LogP contribution in [0.2, 0.25) is 0 Å². The fourth-order valence-electron chi connectivity index (χ4n) is 1.43. The Morgan fingerprint density at radius 2 is 1.45 bits per heavy atom. The predicted octanol–water partition coefficient (Wildman–Crippen LogP) is 3.91. The lowest BCUT2D eigenvalue weighted by atomic mass is 10.0. The Balaban J connectivity index is 3.21. The van der Waals surface area contributed by atoms with Crippen molar-refractivity contribution in [2.24, 2.45) is 0 Å². The van der Waals surface area contributed by atoms with Crippen LogP contribution in [0.25, 0.3) is 0 Å². The predicted molar refractivity (Wildman–Crippen MR) is 56.9 cm³/mol. The van der Waals surface area contributed by atoms with E-state index in [-0.39, 0.29) is 18.1 Å². The lowest BCUT2D eigenvalue weighted by molar-refractivity contribution is -0.143. The van der Waals surface area contributed by atoms with Gasteiger partial charge in [0.05, 0.1) is 11.1 Å². The summed E-state index contributed by atoms with van der Waals surface area (Å²) in [6.07, 6.45) is -8.55. The monoisotopic (exact) mass is 298 g/mol. The molecular weight excluding hydrogens is 290 g/mol. The Morgan fingerprint density at radius 1 is 1.00 bits per heavy atom. The van der Waals surface area contributed by atoms with Crippen LogP contribution >= 0.6 is 0 Å². The van der Waals surface area contributed by atoms with Gasteiger partial charge < -0.3 is 5.11 Å². The number of alkyl halides is 6. The molecule has 0 saturated carbocycles. The first-order chi connectivity index (χ1) is 9.00. The van der Waals surface area contributed by atoms with Crippen molar-refractivity contribution in [3.8, 4) is 0 Å². The first-order valence-electron chi connectivity index (χ1n) is 5.18. The summed E-state index contributed by atoms with van der Waals surface area (Å²) >= 11 is 0. The SMILES string of the molecule is O=C(O)C=CCc1cc(C(F)(F)F)cc(C(F)(F)F)c1. The molecule has 0 aromatic heterocycles. The van der Waals surface area contributed by atoms with Gasteiger partial charge >= 0.3 is 18.3 Å². The fourth-order valence-corrected chi connectivity index (χ4v) is 1.43. The van der Waals surface area contributed by atoms with E-state index < -0.39 is 29.4 Å². The number of benzene rings is 1. The molecule has 0 atom stereocenters. The number of hydrogen-bond donors (Lipinski definition) is 1. The van der Waals surface area contributed by atoms with Gasteiger partial charge in [-0.1, -0.05) is 6.08 Å². The zero-order valence-electron chi connectivity index (χ0n) is 9.72. The van der Waals surface area contributed by atoms with E-state index in [4.69, 9.17) is 5.11 Å². The van der Waals surface area contributed by atoms with Crippen LogP contribution in [0.15, 0.2) is 30.4 Å². The summed E-state index contributed by atoms with van der Waals surface area (Å²) in [5.41, 5.74) is -3.12. The molecular formula is C12H8F6O2. The highest BCUT2D eigenvalue weighted by atomic mass is 19.4. The Hall–Kier alpha value is -1.99. The highest BCUT2D eigenvalue weighted by Gasteiger charge is 2.36. The number of halogens is 6. The number of hydrogen-bond acceptors (Lipinski definition) is 1. The first kappa shape index (κ1) is 16.1. The summed E-state index contributed by atoms with van der Waals surface area (Å²) in [6, 6.07) is 1.13. The fraction of sp³-hybridized carbons (Fsp3) is 0.250. The van der Waals surface area contributed by atoms with Gasteiger partial charge in [0.25, 0.3) is 0 Å². The third-order valence-electron chi connectivity index (χ3n) is 2.26. The maximum absolute atomic E-state index is 12.5. The van der Waals surface area contributed by atoms with Gasteiger partial charge in [0, 0.05) is 6.08 Å². The molecule has 20 heavy (non-hydrogen) atoms. The van der Waals surface area contributed by atoms with E-state index in [1.165, 1.54) is 0 Å². The topological polar surface area (TPSA) is 37.3 Å². The minimum atomic E-state index is -4.91. The standard InChI is InChI=1S/C12H8F6O2/c13-11(14,15)8-4-7(2-1-3-10(19)20)5-9(6-8)12(16,17)18/h1,3-6H,2H2,(H,19,20). The molecule has 0 aliphatic heterocycles. The second-order valence-electron chi connectivity index (χ2n) is 3.86. The summed E-state index contributed by atoms with van der Waals surface area (Å²) in [7, 11) is 0. The van der Waals surface area contributed by atoms with Gasteiger partial charge in [0.1, 0.15) is 0 Å². The molecule has 110 valence electrons. The van der Waals surface area contributed by atoms with Crippen LogP contribution in [-0.4, -0.2) is 11.1 Å². The highest BCUT2D eigenvalue weighted by molar-refractivity contribution is 5.79. The summed E-state index contributed by atoms with van der Waals surface area (Å²) in [4.78, 5) is 10.2. The number of aliphatic carboxylic acids is 1. The van der Waals surface area contributed by atoms with Crippen LogP contribution in [0, 0.1) is 0 Å². The number of rotatable bonds is 3. The Bertz CT molecular complexity index is 495. The van der Waals surface area contributed by atoms with Gasteiger partial charge in [-0.15, -0.1) is 0 Å². The third kappa shape index (κ3) is 4.60. The number of carbonyl (C=O) groups is 1. The highest BCUT2D eigenvalue weighted by Crippen LogP contribution is 2.36. The molecule has 0 spiro atoms. The zero-order chi connectivity index (χ0) is 15.6. The second-order valence-corrected chi connectivity index (χ2v) is 3.86. The van der Waals surface area contributed by atoms with E-state index in [9.17, 15) is 31.1 Å². The van der Waals surface area contributed by atoms with Crippen LogP contribution in [0.4, 0.5) is 26.3 Å². The van der Waals surface area contributed by atoms with Crippen molar-refractivity contribution >= 4 is 5.97 Å². The van der Waals surface area contributed by atoms with E-state index >= 15 is 0 Å². The van der Waals surface area contributed by atoms with Gasteiger partial charge in [0.15, 0.2) is 0 Å². The van der Waals surface area contributed by atoms with Crippen molar-refractivity contribution in [2.75, 3.05) is 0 Å². The molecule has 1 N–H and O–H groups in total. The molecule has 2 nitrogen and oxygen atoms in total. The third-order valence-corrected chi connectivity index (χ3v) is 2.26. The van der Waals surface area contributed by atoms with Crippen LogP contribution in [0.5, 0.6) is 0 Å². The number of carboxylic acid groups (broad SMARTS) is 1. The van der Waals surface area contributed by atoms with Crippen LogP contribution in [0.3, 0.4) is 0 Å². The van der Waals surface area contributed by atoms with E-state index in [0.29, 0.717) is 18.2 Å². The molecule has 1 aromatic carbocycles. The number of carboxylic acids is 1. The number of allylic oxidation sites excluding steroid dienone is 1. The maximum atomic E-state index is 12.5. The maximum Gasteiger partial charge on any atom is 0.416 e. The minimum Gasteiger partial charge on any atom is -0.478 e. The largest absolute Gasteiger partial charge is 0.478 e. The molecule has 0 aliphatic carbocycles. The molecule has 1 rings (SSSR count). The van der Waals surface area contributed by atoms with Crippen molar-refractivity contribution in [1.82, 2.24) is 0 Å². The molecule has 0 radical (unpaired) electrons. The lowest BCUT2D eigenvalue weighted by Gasteiger charge is -2.13. The Kier molecular flexibility index (Phi) is 4.46. The summed E-state index contributed by atoms with van der Waals surface area (Å²) in [6.45, 7) is 0. The van der Waals surface area contributed by atoms with E-state index in [1.807, 2.05) is 0 Å². The van der Waals surface area contributed by atoms with E-state index in [2.05, 4.69) is 0 Å². The molecule has 0 bridgehead atoms. The van der Waals surface area contributed by atoms with Gasteiger partial charge in [-0.25, -0.2) is 4.79 Å². The zero-order valence-corrected chi connectivity index (χ0v) is 9.72. The lowest BCUT2D eigenvalue weighted by Crippen LogP contribution is -2.11. The van der Waals surface area contributed by atoms with E-state index in [0.717, 1.165) is 6.08 Å². The second kappa shape index (κ2) is 5.56. The summed E-state index contributed by atoms with van der Waals surface area (Å²) in [5, 5.41) is 8.31. The molecule has 0 unspecified atom stereocenters. The van der Waals surface area contributed by atoms with Gasteiger partial charge in [-0.3, -0.25) is 0 Å². The van der Waals surface area contributed by atoms with Gasteiger partial charge in [0.2, 0.25) is 0 Å². The van der Waals surface area contributed by atoms with Crippen molar-refractivity contribution in [3.05, 3.63) is 47.0 Å². The summed E-state index contributed by atoms with van der Waals surface area (Å²) in [5.74, 6) is -1.34. The molecule has 0 saturated heterocycles. The molecule has 1 aromatic rings. The minimum absolute atomic E-state index is 0.0183. The Morgan fingerprint density at radius 3 is 1.80 bits per heavy atom. The molecule has 0 fully saturated rings. The summed E-state index contributed by atoms with van der Waals surface area (Å²) < 4.78 is 75.0. The van der Waals surface area contributed by atoms with Crippen molar-refractivity contribution in [3.63, 3.8) is 0 Å². The van der Waals surface area contributed by atoms with E-state index in [1.54, 1.807) is 0 Å². The first-order valence-corrected chi connectivity index (χ1v) is 5.18. The Labute approximate surface area is 109 Å². The average molecular weight is 298 g/mol. The van der Waals surface area contributed by atoms with Crippen molar-refractivity contribution < 1.29 is 36.2 Å². The smallest absolute Gasteiger partial charge is 0.416 e. The molecule has 0 heterocycles. The quantitative estimate of drug-likeness (QED) is 0.678. The van der Waals surface area contributed by atoms with Crippen molar-refractivity contribution in [2.45, 2.75) is 18.8 Å². The molecule has 0 aliphatic rings. The van der Waals surface area contributed by atoms with Crippen molar-refractivity contribution in [1.29, 1.82) is 0 Å². The van der Waals surface area contributed by atoms with Crippen LogP contribution in [0.1, 0.15) is 16.7 Å². The van der Waals surface area contributed by atoms with Crippen LogP contribution in [-0.2, 0) is 23.6 Å².